The minimum atomic E-state index is 0.175. The minimum Gasteiger partial charge on any atom is -0.379 e. The van der Waals surface area contributed by atoms with Gasteiger partial charge in [-0.15, -0.1) is 0 Å². The lowest BCUT2D eigenvalue weighted by atomic mass is 10.0. The van der Waals surface area contributed by atoms with E-state index in [1.165, 1.54) is 6.33 Å². The zero-order valence-electron chi connectivity index (χ0n) is 14.5. The molecule has 3 rings (SSSR count). The maximum Gasteiger partial charge on any atom is 0.222 e. The van der Waals surface area contributed by atoms with E-state index in [1.807, 2.05) is 17.9 Å². The van der Waals surface area contributed by atoms with Crippen molar-refractivity contribution in [2.75, 3.05) is 26.3 Å². The lowest BCUT2D eigenvalue weighted by Gasteiger charge is -2.23. The molecule has 1 atom stereocenters. The predicted octanol–water partition coefficient (Wildman–Crippen LogP) is 0.874. The molecule has 2 aromatic rings. The molecule has 0 saturated carbocycles. The van der Waals surface area contributed by atoms with Crippen LogP contribution in [0.3, 0.4) is 0 Å². The van der Waals surface area contributed by atoms with Crippen LogP contribution in [0, 0.1) is 12.8 Å². The second-order valence-corrected chi connectivity index (χ2v) is 6.40. The van der Waals surface area contributed by atoms with Crippen molar-refractivity contribution in [3.63, 3.8) is 0 Å². The van der Waals surface area contributed by atoms with Crippen molar-refractivity contribution in [1.82, 2.24) is 29.6 Å². The first-order chi connectivity index (χ1) is 12.2. The van der Waals surface area contributed by atoms with E-state index >= 15 is 0 Å². The van der Waals surface area contributed by atoms with Crippen LogP contribution in [0.2, 0.25) is 0 Å². The fourth-order valence-electron chi connectivity index (χ4n) is 3.05. The molecule has 8 nitrogen and oxygen atoms in total. The summed E-state index contributed by atoms with van der Waals surface area (Å²) < 4.78 is 7.44. The zero-order chi connectivity index (χ0) is 17.5. The van der Waals surface area contributed by atoms with Crippen molar-refractivity contribution >= 4 is 5.91 Å². The monoisotopic (exact) mass is 344 g/mol. The van der Waals surface area contributed by atoms with Crippen LogP contribution in [-0.2, 0) is 22.5 Å². The van der Waals surface area contributed by atoms with E-state index < -0.39 is 0 Å². The van der Waals surface area contributed by atoms with E-state index in [-0.39, 0.29) is 11.8 Å². The normalized spacial score (nSPS) is 18.1. The molecule has 0 N–H and O–H groups in total. The first kappa shape index (κ1) is 17.5. The summed E-state index contributed by atoms with van der Waals surface area (Å²) in [5.41, 5.74) is 1.96. The number of aryl methyl sites for hydroxylation is 2. The SMILES string of the molecule is Cc1cc(CC2COCCN(C(=O)CCCn3cncn3)C2)ncn1. The number of rotatable bonds is 6. The number of ether oxygens (including phenoxy) is 1. The summed E-state index contributed by atoms with van der Waals surface area (Å²) in [6.45, 7) is 5.28. The Labute approximate surface area is 147 Å². The smallest absolute Gasteiger partial charge is 0.222 e. The van der Waals surface area contributed by atoms with E-state index in [1.54, 1.807) is 17.3 Å². The first-order valence-electron chi connectivity index (χ1n) is 8.66. The van der Waals surface area contributed by atoms with Gasteiger partial charge >= 0.3 is 0 Å². The molecule has 1 fully saturated rings. The molecule has 8 heteroatoms. The van der Waals surface area contributed by atoms with E-state index in [0.717, 1.165) is 24.2 Å². The van der Waals surface area contributed by atoms with Crippen LogP contribution in [-0.4, -0.2) is 61.8 Å². The highest BCUT2D eigenvalue weighted by molar-refractivity contribution is 5.76. The predicted molar refractivity (Wildman–Crippen MR) is 90.6 cm³/mol. The maximum absolute atomic E-state index is 12.5. The molecular weight excluding hydrogens is 320 g/mol. The summed E-state index contributed by atoms with van der Waals surface area (Å²) in [5, 5.41) is 4.06. The summed E-state index contributed by atoms with van der Waals surface area (Å²) in [7, 11) is 0. The fourth-order valence-corrected chi connectivity index (χ4v) is 3.05. The van der Waals surface area contributed by atoms with Crippen molar-refractivity contribution in [1.29, 1.82) is 0 Å². The molecular formula is C17H24N6O2. The number of hydrogen-bond acceptors (Lipinski definition) is 6. The van der Waals surface area contributed by atoms with Crippen molar-refractivity contribution in [2.45, 2.75) is 32.7 Å². The van der Waals surface area contributed by atoms with E-state index in [0.29, 0.717) is 39.3 Å². The molecule has 25 heavy (non-hydrogen) atoms. The lowest BCUT2D eigenvalue weighted by Crippen LogP contribution is -2.36. The van der Waals surface area contributed by atoms with E-state index in [2.05, 4.69) is 20.1 Å². The summed E-state index contributed by atoms with van der Waals surface area (Å²) >= 11 is 0. The molecule has 0 aromatic carbocycles. The van der Waals surface area contributed by atoms with Crippen molar-refractivity contribution in [3.05, 3.63) is 36.4 Å². The topological polar surface area (TPSA) is 86.0 Å². The molecule has 1 aliphatic rings. The first-order valence-corrected chi connectivity index (χ1v) is 8.66. The van der Waals surface area contributed by atoms with E-state index in [4.69, 9.17) is 4.74 Å². The van der Waals surface area contributed by atoms with Crippen LogP contribution >= 0.6 is 0 Å². The van der Waals surface area contributed by atoms with Gasteiger partial charge in [-0.2, -0.15) is 5.10 Å². The van der Waals surface area contributed by atoms with Crippen LogP contribution < -0.4 is 0 Å². The average Bonchev–Trinajstić information content (AvgIpc) is 3.00. The second-order valence-electron chi connectivity index (χ2n) is 6.40. The Morgan fingerprint density at radius 3 is 3.08 bits per heavy atom. The summed E-state index contributed by atoms with van der Waals surface area (Å²) in [4.78, 5) is 26.8. The van der Waals surface area contributed by atoms with Gasteiger partial charge in [0.1, 0.15) is 19.0 Å². The van der Waals surface area contributed by atoms with Crippen LogP contribution in [0.25, 0.3) is 0 Å². The third-order valence-corrected chi connectivity index (χ3v) is 4.29. The Morgan fingerprint density at radius 1 is 1.36 bits per heavy atom. The van der Waals surface area contributed by atoms with Crippen LogP contribution in [0.4, 0.5) is 0 Å². The van der Waals surface area contributed by atoms with Gasteiger partial charge < -0.3 is 9.64 Å². The molecule has 1 amide bonds. The third kappa shape index (κ3) is 5.32. The number of amides is 1. The molecule has 0 spiro atoms. The summed E-state index contributed by atoms with van der Waals surface area (Å²) in [5.74, 6) is 0.436. The van der Waals surface area contributed by atoms with Gasteiger partial charge in [-0.25, -0.2) is 15.0 Å². The van der Waals surface area contributed by atoms with Gasteiger partial charge in [0, 0.05) is 43.4 Å². The molecule has 1 unspecified atom stereocenters. The molecule has 0 bridgehead atoms. The number of carbonyl (C=O) groups is 1. The van der Waals surface area contributed by atoms with Crippen LogP contribution in [0.1, 0.15) is 24.2 Å². The molecule has 1 saturated heterocycles. The van der Waals surface area contributed by atoms with Crippen molar-refractivity contribution in [3.8, 4) is 0 Å². The fraction of sp³-hybridized carbons (Fsp3) is 0.588. The highest BCUT2D eigenvalue weighted by Gasteiger charge is 2.23. The highest BCUT2D eigenvalue weighted by atomic mass is 16.5. The van der Waals surface area contributed by atoms with Gasteiger partial charge in [-0.05, 0) is 25.8 Å². The quantitative estimate of drug-likeness (QED) is 0.773. The molecule has 0 aliphatic carbocycles. The van der Waals surface area contributed by atoms with Crippen LogP contribution in [0.5, 0.6) is 0 Å². The average molecular weight is 344 g/mol. The van der Waals surface area contributed by atoms with Gasteiger partial charge in [-0.1, -0.05) is 0 Å². The number of carbonyl (C=O) groups excluding carboxylic acids is 1. The Balaban J connectivity index is 1.51. The van der Waals surface area contributed by atoms with Gasteiger partial charge in [-0.3, -0.25) is 9.48 Å². The Kier molecular flexibility index (Phi) is 6.05. The number of nitrogens with zero attached hydrogens (tertiary/aromatic N) is 6. The zero-order valence-corrected chi connectivity index (χ0v) is 14.5. The van der Waals surface area contributed by atoms with Crippen LogP contribution in [0.15, 0.2) is 25.0 Å². The number of aromatic nitrogens is 5. The Bertz CT molecular complexity index is 676. The minimum absolute atomic E-state index is 0.175. The van der Waals surface area contributed by atoms with Gasteiger partial charge in [0.2, 0.25) is 5.91 Å². The van der Waals surface area contributed by atoms with Gasteiger partial charge in [0.25, 0.3) is 0 Å². The molecule has 2 aromatic heterocycles. The van der Waals surface area contributed by atoms with Gasteiger partial charge in [0.05, 0.1) is 13.2 Å². The second kappa shape index (κ2) is 8.66. The largest absolute Gasteiger partial charge is 0.379 e. The molecule has 0 radical (unpaired) electrons. The summed E-state index contributed by atoms with van der Waals surface area (Å²) in [6.07, 6.45) is 6.84. The Hall–Kier alpha value is -2.35. The Morgan fingerprint density at radius 2 is 2.28 bits per heavy atom. The van der Waals surface area contributed by atoms with Crippen molar-refractivity contribution < 1.29 is 9.53 Å². The van der Waals surface area contributed by atoms with E-state index in [9.17, 15) is 4.79 Å². The third-order valence-electron chi connectivity index (χ3n) is 4.29. The highest BCUT2D eigenvalue weighted by Crippen LogP contribution is 2.14. The molecule has 3 heterocycles. The van der Waals surface area contributed by atoms with Gasteiger partial charge in [0.15, 0.2) is 0 Å². The standard InChI is InChI=1S/C17H24N6O2/c1-14-7-16(20-12-19-14)8-15-9-22(5-6-25-10-15)17(24)3-2-4-23-13-18-11-21-23/h7,11-13,15H,2-6,8-10H2,1H3. The molecule has 1 aliphatic heterocycles. The number of hydrogen-bond donors (Lipinski definition) is 0. The van der Waals surface area contributed by atoms with Crippen molar-refractivity contribution in [2.24, 2.45) is 5.92 Å². The molecule has 134 valence electrons. The lowest BCUT2D eigenvalue weighted by molar-refractivity contribution is -0.131. The maximum atomic E-state index is 12.5. The summed E-state index contributed by atoms with van der Waals surface area (Å²) in [6, 6.07) is 2.00.